The second-order valence-corrected chi connectivity index (χ2v) is 14.7. The van der Waals surface area contributed by atoms with Gasteiger partial charge in [0.1, 0.15) is 11.5 Å². The number of anilines is 3. The molecule has 0 aliphatic carbocycles. The van der Waals surface area contributed by atoms with Gasteiger partial charge >= 0.3 is 0 Å². The maximum Gasteiger partial charge on any atom is 0.259 e. The van der Waals surface area contributed by atoms with E-state index in [2.05, 4.69) is 50.5 Å². The van der Waals surface area contributed by atoms with Gasteiger partial charge in [0.2, 0.25) is 11.6 Å². The number of unbranched alkanes of at least 4 members (excludes halogenated alkanes) is 11. The van der Waals surface area contributed by atoms with Crippen molar-refractivity contribution in [2.45, 2.75) is 107 Å². The number of rotatable bonds is 26. The zero-order valence-corrected chi connectivity index (χ0v) is 33.1. The Kier molecular flexibility index (Phi) is 16.9. The summed E-state index contributed by atoms with van der Waals surface area (Å²) in [5, 5.41) is 31.8. The number of nitrogens with one attached hydrogen (secondary N) is 4. The highest BCUT2D eigenvalue weighted by Gasteiger charge is 2.21. The summed E-state index contributed by atoms with van der Waals surface area (Å²) in [4.78, 5) is 25.0. The number of carbonyl (C=O) groups is 2. The van der Waals surface area contributed by atoms with E-state index in [0.29, 0.717) is 52.9 Å². The Balaban J connectivity index is 1.16. The lowest BCUT2D eigenvalue weighted by atomic mass is 10.0. The number of nitrogens with zero attached hydrogens (tertiary/aromatic N) is 4. The van der Waals surface area contributed by atoms with Gasteiger partial charge in [0.05, 0.1) is 30.1 Å². The molecule has 5 aromatic rings. The molecule has 0 saturated heterocycles. The van der Waals surface area contributed by atoms with Crippen LogP contribution >= 0.6 is 11.8 Å². The summed E-state index contributed by atoms with van der Waals surface area (Å²) in [5.74, 6) is 0.0281. The molecule has 0 bridgehead atoms. The van der Waals surface area contributed by atoms with Crippen LogP contribution in [0.2, 0.25) is 0 Å². The van der Waals surface area contributed by atoms with Gasteiger partial charge in [-0.25, -0.2) is 4.68 Å². The summed E-state index contributed by atoms with van der Waals surface area (Å²) < 4.78 is 7.81. The Morgan fingerprint density at radius 2 is 1.48 bits per heavy atom. The number of benzene rings is 4. The fourth-order valence-corrected chi connectivity index (χ4v) is 7.33. The van der Waals surface area contributed by atoms with Crippen molar-refractivity contribution < 1.29 is 19.4 Å². The molecule has 0 radical (unpaired) electrons. The highest BCUT2D eigenvalue weighted by molar-refractivity contribution is 7.99. The van der Waals surface area contributed by atoms with E-state index in [9.17, 15) is 14.7 Å². The van der Waals surface area contributed by atoms with Gasteiger partial charge in [0.15, 0.2) is 0 Å². The Morgan fingerprint density at radius 3 is 2.20 bits per heavy atom. The molecule has 0 fully saturated rings. The molecule has 5 N–H and O–H groups in total. The molecule has 0 aliphatic heterocycles. The highest BCUT2D eigenvalue weighted by Crippen LogP contribution is 2.39. The second kappa shape index (κ2) is 22.7. The molecule has 0 aliphatic rings. The first kappa shape index (κ1) is 41.6. The van der Waals surface area contributed by atoms with E-state index in [-0.39, 0.29) is 11.3 Å². The van der Waals surface area contributed by atoms with Gasteiger partial charge < -0.3 is 20.5 Å². The van der Waals surface area contributed by atoms with Crippen LogP contribution in [0, 0.1) is 0 Å². The molecule has 1 aromatic heterocycles. The number of hydrogen-bond donors (Lipinski definition) is 5. The Bertz CT molecular complexity index is 2000. The lowest BCUT2D eigenvalue weighted by Gasteiger charge is -2.15. The van der Waals surface area contributed by atoms with E-state index >= 15 is 0 Å². The van der Waals surface area contributed by atoms with Crippen molar-refractivity contribution in [2.75, 3.05) is 22.7 Å². The number of phenols is 1. The number of aromatic nitrogens is 4. The zero-order valence-electron chi connectivity index (χ0n) is 32.3. The summed E-state index contributed by atoms with van der Waals surface area (Å²) in [5.41, 5.74) is 8.18. The van der Waals surface area contributed by atoms with E-state index in [4.69, 9.17) is 4.74 Å². The lowest BCUT2D eigenvalue weighted by Crippen LogP contribution is -2.18. The smallest absolute Gasteiger partial charge is 0.259 e. The summed E-state index contributed by atoms with van der Waals surface area (Å²) in [6.07, 6.45) is 16.4. The van der Waals surface area contributed by atoms with Crippen molar-refractivity contribution in [1.82, 2.24) is 25.6 Å². The Hall–Kier alpha value is -5.56. The number of tetrazole rings is 1. The second-order valence-electron chi connectivity index (χ2n) is 13.7. The Morgan fingerprint density at radius 1 is 0.839 bits per heavy atom. The molecule has 13 heteroatoms. The molecule has 4 aromatic carbocycles. The highest BCUT2D eigenvalue weighted by atomic mass is 32.2. The van der Waals surface area contributed by atoms with Crippen LogP contribution in [-0.2, 0) is 11.3 Å². The standard InChI is InChI=1S/C43H54N8O4S/c1-3-4-5-6-7-8-9-10-11-12-13-18-29-55-39-22-17-16-21-38(39)46-42(54)37-30-40(35-19-14-15-20-36(35)41(37)53)56-43-48-49-50-51(43)28-27-32(2)45-33-23-25-34(26-24-33)47-44-31-52/h14-17,19-26,30-31,45,47,53H,2-13,18,27-29H2,1H3,(H,44,52)(H,46,54). The normalized spacial score (nSPS) is 10.9. The molecule has 0 spiro atoms. The summed E-state index contributed by atoms with van der Waals surface area (Å²) in [6.45, 7) is 7.42. The largest absolute Gasteiger partial charge is 0.506 e. The van der Waals surface area contributed by atoms with Crippen LogP contribution in [0.4, 0.5) is 17.1 Å². The molecular weight excluding hydrogens is 725 g/mol. The number of hydrogen-bond acceptors (Lipinski definition) is 10. The van der Waals surface area contributed by atoms with Crippen LogP contribution in [0.1, 0.15) is 101 Å². The van der Waals surface area contributed by atoms with Crippen LogP contribution in [0.3, 0.4) is 0 Å². The number of hydrazine groups is 1. The SMILES string of the molecule is C=C(CCn1nnnc1Sc1cc(C(=O)Nc2ccccc2OCCCCCCCCCCCCCC)c(O)c2ccccc12)Nc1ccc(NNC=O)cc1. The quantitative estimate of drug-likeness (QED) is 0.0208. The molecule has 0 unspecified atom stereocenters. The molecule has 5 rings (SSSR count). The van der Waals surface area contributed by atoms with Crippen molar-refractivity contribution in [2.24, 2.45) is 0 Å². The topological polar surface area (TPSA) is 155 Å². The number of fused-ring (bicyclic) bond motifs is 1. The predicted molar refractivity (Wildman–Crippen MR) is 225 cm³/mol. The summed E-state index contributed by atoms with van der Waals surface area (Å²) in [7, 11) is 0. The van der Waals surface area contributed by atoms with Crippen molar-refractivity contribution in [3.8, 4) is 11.5 Å². The molecular formula is C43H54N8O4S. The third-order valence-corrected chi connectivity index (χ3v) is 10.5. The first-order valence-electron chi connectivity index (χ1n) is 19.7. The van der Waals surface area contributed by atoms with Crippen molar-refractivity contribution >= 4 is 51.9 Å². The minimum absolute atomic E-state index is 0.108. The van der Waals surface area contributed by atoms with Crippen LogP contribution in [0.25, 0.3) is 10.8 Å². The maximum absolute atomic E-state index is 13.8. The van der Waals surface area contributed by atoms with Crippen LogP contribution < -0.4 is 26.2 Å². The number of aromatic hydroxyl groups is 1. The van der Waals surface area contributed by atoms with Crippen LogP contribution in [0.15, 0.2) is 101 Å². The van der Waals surface area contributed by atoms with E-state index in [1.807, 2.05) is 60.7 Å². The average Bonchev–Trinajstić information content (AvgIpc) is 3.66. The fourth-order valence-electron chi connectivity index (χ4n) is 6.36. The van der Waals surface area contributed by atoms with Crippen molar-refractivity contribution in [3.63, 3.8) is 0 Å². The molecule has 1 heterocycles. The third-order valence-electron chi connectivity index (χ3n) is 9.42. The first-order valence-corrected chi connectivity index (χ1v) is 20.5. The van der Waals surface area contributed by atoms with E-state index in [1.54, 1.807) is 22.9 Å². The van der Waals surface area contributed by atoms with E-state index < -0.39 is 5.91 Å². The van der Waals surface area contributed by atoms with Crippen molar-refractivity contribution in [1.29, 1.82) is 0 Å². The molecule has 0 atom stereocenters. The molecule has 296 valence electrons. The summed E-state index contributed by atoms with van der Waals surface area (Å²) in [6, 6.07) is 23.9. The average molecular weight is 779 g/mol. The number of amides is 2. The van der Waals surface area contributed by atoms with Crippen LogP contribution in [-0.4, -0.2) is 44.2 Å². The minimum Gasteiger partial charge on any atom is -0.506 e. The maximum atomic E-state index is 13.8. The van der Waals surface area contributed by atoms with Gasteiger partial charge in [-0.3, -0.25) is 20.4 Å². The van der Waals surface area contributed by atoms with E-state index in [0.717, 1.165) is 35.3 Å². The molecule has 0 saturated carbocycles. The van der Waals surface area contributed by atoms with Gasteiger partial charge in [-0.05, 0) is 76.5 Å². The third kappa shape index (κ3) is 12.8. The minimum atomic E-state index is -0.456. The van der Waals surface area contributed by atoms with Gasteiger partial charge in [0, 0.05) is 28.1 Å². The fraction of sp³-hybridized carbons (Fsp3) is 0.372. The molecule has 2 amide bonds. The van der Waals surface area contributed by atoms with Gasteiger partial charge in [-0.2, -0.15) is 0 Å². The van der Waals surface area contributed by atoms with Gasteiger partial charge in [-0.1, -0.05) is 121 Å². The number of allylic oxidation sites excluding steroid dienone is 1. The number of aryl methyl sites for hydroxylation is 1. The van der Waals surface area contributed by atoms with Gasteiger partial charge in [-0.15, -0.1) is 5.10 Å². The van der Waals surface area contributed by atoms with Gasteiger partial charge in [0.25, 0.3) is 5.91 Å². The molecule has 56 heavy (non-hydrogen) atoms. The summed E-state index contributed by atoms with van der Waals surface area (Å²) >= 11 is 1.31. The molecule has 12 nitrogen and oxygen atoms in total. The predicted octanol–water partition coefficient (Wildman–Crippen LogP) is 10.1. The first-order chi connectivity index (χ1) is 27.5. The lowest BCUT2D eigenvalue weighted by molar-refractivity contribution is -0.109. The monoisotopic (exact) mass is 778 g/mol. The number of ether oxygens (including phenoxy) is 1. The number of phenolic OH excluding ortho intramolecular Hbond substituents is 1. The van der Waals surface area contributed by atoms with Crippen molar-refractivity contribution in [3.05, 3.63) is 96.7 Å². The zero-order chi connectivity index (χ0) is 39.4. The van der Waals surface area contributed by atoms with Crippen LogP contribution in [0.5, 0.6) is 11.5 Å². The number of carbonyl (C=O) groups excluding carboxylic acids is 2. The van der Waals surface area contributed by atoms with E-state index in [1.165, 1.54) is 76.0 Å². The number of para-hydroxylation sites is 2. The Labute approximate surface area is 333 Å².